The van der Waals surface area contributed by atoms with Gasteiger partial charge in [-0.1, -0.05) is 36.4 Å². The zero-order chi connectivity index (χ0) is 14.0. The van der Waals surface area contributed by atoms with Gasteiger partial charge in [0.25, 0.3) is 0 Å². The number of para-hydroxylation sites is 2. The Morgan fingerprint density at radius 1 is 1.05 bits per heavy atom. The van der Waals surface area contributed by atoms with Crippen LogP contribution in [0.4, 0.5) is 5.69 Å². The molecule has 0 aliphatic heterocycles. The molecule has 1 aliphatic rings. The predicted octanol–water partition coefficient (Wildman–Crippen LogP) is 2.60. The van der Waals surface area contributed by atoms with Crippen LogP contribution in [0.3, 0.4) is 0 Å². The van der Waals surface area contributed by atoms with Crippen molar-refractivity contribution in [3.05, 3.63) is 59.7 Å². The molecule has 2 aromatic carbocycles. The van der Waals surface area contributed by atoms with Gasteiger partial charge in [0.05, 0.1) is 18.3 Å². The minimum Gasteiger partial charge on any atom is -0.495 e. The van der Waals surface area contributed by atoms with E-state index in [0.717, 1.165) is 24.3 Å². The van der Waals surface area contributed by atoms with Gasteiger partial charge in [-0.25, -0.2) is 0 Å². The van der Waals surface area contributed by atoms with Gasteiger partial charge in [0.15, 0.2) is 0 Å². The van der Waals surface area contributed by atoms with Crippen LogP contribution in [-0.2, 0) is 12.8 Å². The zero-order valence-electron chi connectivity index (χ0n) is 11.7. The third-order valence-electron chi connectivity index (χ3n) is 4.07. The molecule has 3 nitrogen and oxygen atoms in total. The average Bonchev–Trinajstić information content (AvgIpc) is 2.86. The van der Waals surface area contributed by atoms with Crippen LogP contribution >= 0.6 is 0 Å². The minimum atomic E-state index is -0.113. The predicted molar refractivity (Wildman–Crippen MR) is 82.3 cm³/mol. The van der Waals surface area contributed by atoms with Crippen LogP contribution in [0, 0.1) is 0 Å². The maximum absolute atomic E-state index is 6.08. The van der Waals surface area contributed by atoms with Crippen LogP contribution < -0.4 is 15.8 Å². The summed E-state index contributed by atoms with van der Waals surface area (Å²) in [5, 5.41) is 3.62. The van der Waals surface area contributed by atoms with Gasteiger partial charge in [-0.15, -0.1) is 0 Å². The fourth-order valence-electron chi connectivity index (χ4n) is 3.01. The highest BCUT2D eigenvalue weighted by Crippen LogP contribution is 2.35. The fourth-order valence-corrected chi connectivity index (χ4v) is 3.01. The normalized spacial score (nSPS) is 15.7. The molecule has 0 saturated heterocycles. The molecule has 2 aromatic rings. The summed E-state index contributed by atoms with van der Waals surface area (Å²) in [4.78, 5) is 0. The molecule has 0 fully saturated rings. The monoisotopic (exact) mass is 268 g/mol. The van der Waals surface area contributed by atoms with Crippen molar-refractivity contribution in [2.24, 2.45) is 5.73 Å². The van der Waals surface area contributed by atoms with E-state index in [9.17, 15) is 0 Å². The highest BCUT2D eigenvalue weighted by atomic mass is 16.5. The van der Waals surface area contributed by atoms with E-state index in [1.807, 2.05) is 24.3 Å². The van der Waals surface area contributed by atoms with Gasteiger partial charge in [0, 0.05) is 6.54 Å². The van der Waals surface area contributed by atoms with E-state index in [1.165, 1.54) is 11.1 Å². The molecular formula is C17H20N2O. The lowest BCUT2D eigenvalue weighted by molar-refractivity contribution is 0.413. The molecule has 0 amide bonds. The van der Waals surface area contributed by atoms with Gasteiger partial charge in [0.1, 0.15) is 5.75 Å². The minimum absolute atomic E-state index is 0.113. The number of nitrogens with one attached hydrogen (secondary N) is 1. The highest BCUT2D eigenvalue weighted by Gasteiger charge is 2.36. The Balaban J connectivity index is 1.89. The third-order valence-corrected chi connectivity index (χ3v) is 4.07. The molecule has 20 heavy (non-hydrogen) atoms. The summed E-state index contributed by atoms with van der Waals surface area (Å²) in [5.41, 5.74) is 9.76. The van der Waals surface area contributed by atoms with Gasteiger partial charge >= 0.3 is 0 Å². The molecule has 3 heteroatoms. The zero-order valence-corrected chi connectivity index (χ0v) is 11.7. The van der Waals surface area contributed by atoms with Crippen molar-refractivity contribution in [2.75, 3.05) is 19.0 Å². The van der Waals surface area contributed by atoms with Crippen LogP contribution in [0.1, 0.15) is 11.1 Å². The summed E-state index contributed by atoms with van der Waals surface area (Å²) in [6.07, 6.45) is 1.91. The topological polar surface area (TPSA) is 47.3 Å². The molecule has 0 unspecified atom stereocenters. The van der Waals surface area contributed by atoms with Gasteiger partial charge in [-0.05, 0) is 36.1 Å². The van der Waals surface area contributed by atoms with Gasteiger partial charge in [-0.3, -0.25) is 0 Å². The van der Waals surface area contributed by atoms with Crippen molar-refractivity contribution in [1.82, 2.24) is 0 Å². The molecule has 0 saturated carbocycles. The first-order valence-corrected chi connectivity index (χ1v) is 6.94. The Kier molecular flexibility index (Phi) is 3.36. The molecule has 0 bridgehead atoms. The third kappa shape index (κ3) is 2.25. The number of benzene rings is 2. The van der Waals surface area contributed by atoms with Crippen LogP contribution in [0.2, 0.25) is 0 Å². The Morgan fingerprint density at radius 3 is 2.25 bits per heavy atom. The van der Waals surface area contributed by atoms with Crippen molar-refractivity contribution in [3.63, 3.8) is 0 Å². The number of nitrogens with two attached hydrogens (primary N) is 1. The standard InChI is InChI=1S/C17H20N2O/c1-20-16-9-5-4-8-15(16)19-17(12-18)10-13-6-2-3-7-14(13)11-17/h2-9,19H,10-12,18H2,1H3. The van der Waals surface area contributed by atoms with Crippen LogP contribution in [0.15, 0.2) is 48.5 Å². The Morgan fingerprint density at radius 2 is 1.65 bits per heavy atom. The summed E-state index contributed by atoms with van der Waals surface area (Å²) >= 11 is 0. The van der Waals surface area contributed by atoms with Crippen LogP contribution in [0.5, 0.6) is 5.75 Å². The van der Waals surface area contributed by atoms with E-state index >= 15 is 0 Å². The number of ether oxygens (including phenoxy) is 1. The first-order chi connectivity index (χ1) is 9.76. The quantitative estimate of drug-likeness (QED) is 0.896. The first-order valence-electron chi connectivity index (χ1n) is 6.94. The van der Waals surface area contributed by atoms with E-state index < -0.39 is 0 Å². The second-order valence-corrected chi connectivity index (χ2v) is 5.43. The lowest BCUT2D eigenvalue weighted by atomic mass is 9.95. The number of hydrogen-bond acceptors (Lipinski definition) is 3. The van der Waals surface area contributed by atoms with E-state index in [-0.39, 0.29) is 5.54 Å². The number of rotatable bonds is 4. The van der Waals surface area contributed by atoms with E-state index in [0.29, 0.717) is 6.54 Å². The largest absolute Gasteiger partial charge is 0.495 e. The number of anilines is 1. The lowest BCUT2D eigenvalue weighted by Crippen LogP contribution is -2.46. The van der Waals surface area contributed by atoms with Gasteiger partial charge in [0.2, 0.25) is 0 Å². The molecule has 3 rings (SSSR count). The van der Waals surface area contributed by atoms with Crippen molar-refractivity contribution in [1.29, 1.82) is 0 Å². The molecule has 0 atom stereocenters. The Labute approximate surface area is 119 Å². The second kappa shape index (κ2) is 5.17. The first kappa shape index (κ1) is 13.0. The van der Waals surface area contributed by atoms with Crippen molar-refractivity contribution >= 4 is 5.69 Å². The van der Waals surface area contributed by atoms with E-state index in [1.54, 1.807) is 7.11 Å². The fraction of sp³-hybridized carbons (Fsp3) is 0.294. The molecule has 0 spiro atoms. The summed E-state index contributed by atoms with van der Waals surface area (Å²) in [5.74, 6) is 0.858. The maximum atomic E-state index is 6.08. The molecule has 1 aliphatic carbocycles. The average molecular weight is 268 g/mol. The van der Waals surface area contributed by atoms with E-state index in [2.05, 4.69) is 29.6 Å². The number of hydrogen-bond donors (Lipinski definition) is 2. The van der Waals surface area contributed by atoms with Crippen LogP contribution in [-0.4, -0.2) is 19.2 Å². The highest BCUT2D eigenvalue weighted by molar-refractivity contribution is 5.59. The summed E-state index contributed by atoms with van der Waals surface area (Å²) < 4.78 is 5.42. The summed E-state index contributed by atoms with van der Waals surface area (Å²) in [7, 11) is 1.69. The lowest BCUT2D eigenvalue weighted by Gasteiger charge is -2.30. The summed E-state index contributed by atoms with van der Waals surface area (Å²) in [6.45, 7) is 0.597. The van der Waals surface area contributed by atoms with Crippen molar-refractivity contribution in [2.45, 2.75) is 18.4 Å². The van der Waals surface area contributed by atoms with Crippen LogP contribution in [0.25, 0.3) is 0 Å². The Hall–Kier alpha value is -2.00. The van der Waals surface area contributed by atoms with Gasteiger partial charge < -0.3 is 15.8 Å². The maximum Gasteiger partial charge on any atom is 0.141 e. The summed E-state index contributed by atoms with van der Waals surface area (Å²) in [6, 6.07) is 16.6. The van der Waals surface area contributed by atoms with Crippen molar-refractivity contribution < 1.29 is 4.74 Å². The second-order valence-electron chi connectivity index (χ2n) is 5.43. The molecule has 0 aromatic heterocycles. The molecule has 0 radical (unpaired) electrons. The SMILES string of the molecule is COc1ccccc1NC1(CN)Cc2ccccc2C1. The smallest absolute Gasteiger partial charge is 0.141 e. The number of fused-ring (bicyclic) bond motifs is 1. The molecule has 104 valence electrons. The van der Waals surface area contributed by atoms with Crippen molar-refractivity contribution in [3.8, 4) is 5.75 Å². The molecule has 0 heterocycles. The molecular weight excluding hydrogens is 248 g/mol. The number of methoxy groups -OCH3 is 1. The Bertz CT molecular complexity index is 584. The van der Waals surface area contributed by atoms with Gasteiger partial charge in [-0.2, -0.15) is 0 Å². The molecule has 3 N–H and O–H groups in total. The van der Waals surface area contributed by atoms with E-state index in [4.69, 9.17) is 10.5 Å².